The van der Waals surface area contributed by atoms with Gasteiger partial charge in [0.05, 0.1) is 11.3 Å². The Morgan fingerprint density at radius 2 is 2.19 bits per heavy atom. The Kier molecular flexibility index (Phi) is 3.63. The van der Waals surface area contributed by atoms with Crippen molar-refractivity contribution in [1.82, 2.24) is 10.2 Å². The number of thiophene rings is 1. The molecule has 0 aromatic carbocycles. The minimum Gasteiger partial charge on any atom is -0.384 e. The summed E-state index contributed by atoms with van der Waals surface area (Å²) < 4.78 is 0. The van der Waals surface area contributed by atoms with E-state index in [0.717, 1.165) is 42.0 Å². The fraction of sp³-hybridized carbons (Fsp3) is 0.400. The number of amidine groups is 1. The van der Waals surface area contributed by atoms with Crippen LogP contribution in [0.2, 0.25) is 0 Å². The zero-order valence-corrected chi connectivity index (χ0v) is 13.1. The number of aryl methyl sites for hydroxylation is 1. The van der Waals surface area contributed by atoms with Gasteiger partial charge in [-0.1, -0.05) is 0 Å². The Morgan fingerprint density at radius 3 is 2.76 bits per heavy atom. The van der Waals surface area contributed by atoms with Gasteiger partial charge < -0.3 is 10.6 Å². The molecule has 2 aromatic heterocycles. The zero-order chi connectivity index (χ0) is 15.0. The van der Waals surface area contributed by atoms with Gasteiger partial charge in [0.2, 0.25) is 0 Å². The highest BCUT2D eigenvalue weighted by Crippen LogP contribution is 2.34. The average Bonchev–Trinajstić information content (AvgIpc) is 3.16. The lowest BCUT2D eigenvalue weighted by atomic mass is 10.1. The average molecular weight is 301 g/mol. The number of nitrogens with two attached hydrogens (primary N) is 1. The Balaban J connectivity index is 2.03. The summed E-state index contributed by atoms with van der Waals surface area (Å²) in [6, 6.07) is 2.61. The third kappa shape index (κ3) is 2.76. The first-order valence-electron chi connectivity index (χ1n) is 7.04. The fourth-order valence-electron chi connectivity index (χ4n) is 2.46. The fourth-order valence-corrected chi connectivity index (χ4v) is 3.12. The van der Waals surface area contributed by atoms with Crippen molar-refractivity contribution in [2.75, 3.05) is 4.90 Å². The normalized spacial score (nSPS) is 14.2. The van der Waals surface area contributed by atoms with Crippen LogP contribution in [0.5, 0.6) is 0 Å². The molecule has 0 atom stereocenters. The molecule has 0 bridgehead atoms. The lowest BCUT2D eigenvalue weighted by Gasteiger charge is -2.25. The highest BCUT2D eigenvalue weighted by molar-refractivity contribution is 7.07. The summed E-state index contributed by atoms with van der Waals surface area (Å²) in [6.07, 6.45) is 2.33. The summed E-state index contributed by atoms with van der Waals surface area (Å²) >= 11 is 1.70. The predicted molar refractivity (Wildman–Crippen MR) is 86.0 cm³/mol. The van der Waals surface area contributed by atoms with Crippen molar-refractivity contribution >= 4 is 23.0 Å². The molecule has 3 rings (SSSR count). The van der Waals surface area contributed by atoms with E-state index in [4.69, 9.17) is 11.1 Å². The summed E-state index contributed by atoms with van der Waals surface area (Å²) in [4.78, 5) is 2.25. The molecule has 5 nitrogen and oxygen atoms in total. The summed E-state index contributed by atoms with van der Waals surface area (Å²) in [5.41, 5.74) is 9.58. The minimum atomic E-state index is 0.0662. The summed E-state index contributed by atoms with van der Waals surface area (Å²) in [6.45, 7) is 4.66. The highest BCUT2D eigenvalue weighted by Gasteiger charge is 2.33. The van der Waals surface area contributed by atoms with Crippen molar-refractivity contribution in [3.8, 4) is 0 Å². The molecule has 0 radical (unpaired) electrons. The van der Waals surface area contributed by atoms with Gasteiger partial charge in [-0.2, -0.15) is 16.4 Å². The molecule has 0 unspecified atom stereocenters. The number of hydrogen-bond acceptors (Lipinski definition) is 5. The van der Waals surface area contributed by atoms with E-state index in [1.165, 1.54) is 5.56 Å². The van der Waals surface area contributed by atoms with Crippen LogP contribution >= 0.6 is 11.3 Å². The van der Waals surface area contributed by atoms with Crippen LogP contribution in [0.4, 0.5) is 5.82 Å². The Hall–Kier alpha value is -1.95. The third-order valence-corrected chi connectivity index (χ3v) is 4.63. The van der Waals surface area contributed by atoms with Crippen LogP contribution in [0.1, 0.15) is 35.2 Å². The van der Waals surface area contributed by atoms with Gasteiger partial charge >= 0.3 is 0 Å². The Morgan fingerprint density at radius 1 is 1.43 bits per heavy atom. The van der Waals surface area contributed by atoms with Crippen molar-refractivity contribution < 1.29 is 0 Å². The van der Waals surface area contributed by atoms with Gasteiger partial charge in [0.15, 0.2) is 5.82 Å². The number of aromatic nitrogens is 2. The second-order valence-electron chi connectivity index (χ2n) is 5.51. The first-order valence-corrected chi connectivity index (χ1v) is 7.98. The number of nitrogen functional groups attached to an aromatic ring is 1. The lowest BCUT2D eigenvalue weighted by molar-refractivity contribution is 0.758. The van der Waals surface area contributed by atoms with Crippen LogP contribution in [0.3, 0.4) is 0 Å². The van der Waals surface area contributed by atoms with E-state index < -0.39 is 0 Å². The van der Waals surface area contributed by atoms with Gasteiger partial charge in [0, 0.05) is 12.6 Å². The molecule has 110 valence electrons. The van der Waals surface area contributed by atoms with E-state index in [0.29, 0.717) is 6.04 Å². The number of nitrogens with one attached hydrogen (secondary N) is 1. The molecule has 21 heavy (non-hydrogen) atoms. The summed E-state index contributed by atoms with van der Waals surface area (Å²) in [7, 11) is 0. The van der Waals surface area contributed by atoms with E-state index in [9.17, 15) is 0 Å². The van der Waals surface area contributed by atoms with E-state index in [1.54, 1.807) is 11.3 Å². The number of hydrogen-bond donors (Lipinski definition) is 2. The maximum atomic E-state index is 7.90. The van der Waals surface area contributed by atoms with E-state index in [1.807, 2.05) is 13.8 Å². The van der Waals surface area contributed by atoms with Gasteiger partial charge in [-0.15, -0.1) is 5.10 Å². The largest absolute Gasteiger partial charge is 0.384 e. The SMILES string of the molecule is Cc1nnc(N(Cc2ccsc2)C2CC2)c(C(=N)N)c1C. The molecule has 0 aliphatic heterocycles. The van der Waals surface area contributed by atoms with Crippen LogP contribution in [0, 0.1) is 19.3 Å². The van der Waals surface area contributed by atoms with E-state index >= 15 is 0 Å². The molecule has 0 spiro atoms. The molecule has 1 aliphatic rings. The van der Waals surface area contributed by atoms with Crippen molar-refractivity contribution in [2.24, 2.45) is 5.73 Å². The molecular formula is C15H19N5S. The molecule has 2 heterocycles. The van der Waals surface area contributed by atoms with E-state index in [2.05, 4.69) is 31.9 Å². The Labute approximate surface area is 128 Å². The Bertz CT molecular complexity index is 661. The molecule has 1 aliphatic carbocycles. The second-order valence-corrected chi connectivity index (χ2v) is 6.29. The van der Waals surface area contributed by atoms with Crippen LogP contribution in [-0.2, 0) is 6.54 Å². The maximum absolute atomic E-state index is 7.90. The molecular weight excluding hydrogens is 282 g/mol. The maximum Gasteiger partial charge on any atom is 0.163 e. The highest BCUT2D eigenvalue weighted by atomic mass is 32.1. The first-order chi connectivity index (χ1) is 10.1. The standard InChI is InChI=1S/C15H19N5S/c1-9-10(2)18-19-15(13(9)14(16)17)20(12-3-4-12)7-11-5-6-21-8-11/h5-6,8,12H,3-4,7H2,1-2H3,(H3,16,17). The topological polar surface area (TPSA) is 78.9 Å². The minimum absolute atomic E-state index is 0.0662. The lowest BCUT2D eigenvalue weighted by Crippen LogP contribution is -2.30. The van der Waals surface area contributed by atoms with Gasteiger partial charge in [0.1, 0.15) is 5.84 Å². The van der Waals surface area contributed by atoms with Crippen LogP contribution in [0.15, 0.2) is 16.8 Å². The molecule has 3 N–H and O–H groups in total. The molecule has 0 amide bonds. The van der Waals surface area contributed by atoms with Crippen molar-refractivity contribution in [3.63, 3.8) is 0 Å². The van der Waals surface area contributed by atoms with Crippen molar-refractivity contribution in [1.29, 1.82) is 5.41 Å². The number of anilines is 1. The molecule has 0 saturated heterocycles. The van der Waals surface area contributed by atoms with Crippen LogP contribution in [0.25, 0.3) is 0 Å². The molecule has 2 aromatic rings. The monoisotopic (exact) mass is 301 g/mol. The van der Waals surface area contributed by atoms with Gasteiger partial charge in [0.25, 0.3) is 0 Å². The quantitative estimate of drug-likeness (QED) is 0.657. The summed E-state index contributed by atoms with van der Waals surface area (Å²) in [5.74, 6) is 0.816. The second kappa shape index (κ2) is 5.44. The van der Waals surface area contributed by atoms with E-state index in [-0.39, 0.29) is 5.84 Å². The van der Waals surface area contributed by atoms with Gasteiger partial charge in [-0.3, -0.25) is 5.41 Å². The first kappa shape index (κ1) is 14.0. The zero-order valence-electron chi connectivity index (χ0n) is 12.3. The van der Waals surface area contributed by atoms with Crippen molar-refractivity contribution in [3.05, 3.63) is 39.2 Å². The number of nitrogens with zero attached hydrogens (tertiary/aromatic N) is 3. The van der Waals surface area contributed by atoms with Crippen LogP contribution < -0.4 is 10.6 Å². The molecule has 1 fully saturated rings. The molecule has 6 heteroatoms. The third-order valence-electron chi connectivity index (χ3n) is 3.90. The number of rotatable bonds is 5. The van der Waals surface area contributed by atoms with Gasteiger partial charge in [-0.05, 0) is 54.6 Å². The predicted octanol–water partition coefficient (Wildman–Crippen LogP) is 2.61. The van der Waals surface area contributed by atoms with Crippen LogP contribution in [-0.4, -0.2) is 22.1 Å². The van der Waals surface area contributed by atoms with Crippen molar-refractivity contribution in [2.45, 2.75) is 39.3 Å². The van der Waals surface area contributed by atoms with Gasteiger partial charge in [-0.25, -0.2) is 0 Å². The molecule has 1 saturated carbocycles. The summed E-state index contributed by atoms with van der Waals surface area (Å²) in [5, 5.41) is 20.7. The smallest absolute Gasteiger partial charge is 0.163 e.